The van der Waals surface area contributed by atoms with Crippen LogP contribution in [0.1, 0.15) is 77.6 Å². The van der Waals surface area contributed by atoms with Crippen molar-refractivity contribution in [3.8, 4) is 0 Å². The van der Waals surface area contributed by atoms with Gasteiger partial charge in [0, 0.05) is 0 Å². The largest absolute Gasteiger partial charge is 2.00 e. The molecule has 0 nitrogen and oxygen atoms in total. The number of hydrogen-bond acceptors (Lipinski definition) is 0. The maximum Gasteiger partial charge on any atom is 2.00 e. The first kappa shape index (κ1) is 26.7. The van der Waals surface area contributed by atoms with Gasteiger partial charge in [0.15, 0.2) is 0 Å². The van der Waals surface area contributed by atoms with Crippen LogP contribution in [0.15, 0.2) is 36.0 Å². The molecule has 3 aliphatic carbocycles. The zero-order valence-electron chi connectivity index (χ0n) is 15.0. The van der Waals surface area contributed by atoms with Crippen LogP contribution >= 0.6 is 24.8 Å². The summed E-state index contributed by atoms with van der Waals surface area (Å²) in [6.07, 6.45) is 31.9. The number of unbranched alkanes of at least 4 members (excludes halogenated alkanes) is 1. The van der Waals surface area contributed by atoms with Gasteiger partial charge in [0.05, 0.1) is 0 Å². The molecule has 0 saturated heterocycles. The van der Waals surface area contributed by atoms with E-state index in [1.165, 1.54) is 57.8 Å². The van der Waals surface area contributed by atoms with Crippen molar-refractivity contribution in [3.05, 3.63) is 48.1 Å². The summed E-state index contributed by atoms with van der Waals surface area (Å²) in [6.45, 7) is 2.31. The molecule has 3 heteroatoms. The second-order valence-electron chi connectivity index (χ2n) is 6.51. The van der Waals surface area contributed by atoms with Gasteiger partial charge in [0.2, 0.25) is 0 Å². The zero-order chi connectivity index (χ0) is 14.8. The number of hydrogen-bond donors (Lipinski definition) is 0. The predicted molar refractivity (Wildman–Crippen MR) is 106 cm³/mol. The van der Waals surface area contributed by atoms with Crippen molar-refractivity contribution < 1.29 is 26.2 Å². The quantitative estimate of drug-likeness (QED) is 0.313. The number of allylic oxidation sites excluding steroid dienone is 8. The average Bonchev–Trinajstić information content (AvgIpc) is 3.20. The van der Waals surface area contributed by atoms with E-state index in [1.807, 2.05) is 12.2 Å². The van der Waals surface area contributed by atoms with Crippen LogP contribution in [0.25, 0.3) is 0 Å². The molecule has 0 aromatic rings. The molecule has 0 aromatic heterocycles. The fourth-order valence-corrected chi connectivity index (χ4v) is 3.71. The summed E-state index contributed by atoms with van der Waals surface area (Å²) >= 11 is 0. The number of halogens is 2. The fourth-order valence-electron chi connectivity index (χ4n) is 3.71. The van der Waals surface area contributed by atoms with Crippen LogP contribution in [-0.4, -0.2) is 0 Å². The summed E-state index contributed by atoms with van der Waals surface area (Å²) < 4.78 is 0. The van der Waals surface area contributed by atoms with Crippen LogP contribution in [0.3, 0.4) is 0 Å². The zero-order valence-corrected chi connectivity index (χ0v) is 19.1. The van der Waals surface area contributed by atoms with E-state index in [4.69, 9.17) is 0 Å². The van der Waals surface area contributed by atoms with Crippen LogP contribution in [0.4, 0.5) is 0 Å². The van der Waals surface area contributed by atoms with Crippen molar-refractivity contribution >= 4 is 24.8 Å². The van der Waals surface area contributed by atoms with Gasteiger partial charge in [-0.15, -0.1) is 37.7 Å². The molecule has 0 atom stereocenters. The maximum absolute atomic E-state index is 3.37. The van der Waals surface area contributed by atoms with E-state index in [-0.39, 0.29) is 51.0 Å². The minimum atomic E-state index is 0. The van der Waals surface area contributed by atoms with E-state index in [0.717, 1.165) is 12.8 Å². The van der Waals surface area contributed by atoms with E-state index in [2.05, 4.69) is 37.3 Å². The van der Waals surface area contributed by atoms with Gasteiger partial charge in [0.1, 0.15) is 0 Å². The van der Waals surface area contributed by atoms with Crippen molar-refractivity contribution in [2.75, 3.05) is 0 Å². The Bertz CT molecular complexity index is 404. The third-order valence-electron chi connectivity index (χ3n) is 4.97. The van der Waals surface area contributed by atoms with Crippen molar-refractivity contribution in [2.45, 2.75) is 77.6 Å². The Kier molecular flexibility index (Phi) is 17.4. The summed E-state index contributed by atoms with van der Waals surface area (Å²) in [7, 11) is 0. The van der Waals surface area contributed by atoms with Crippen LogP contribution in [-0.2, 0) is 26.2 Å². The van der Waals surface area contributed by atoms with Gasteiger partial charge >= 0.3 is 26.2 Å². The molecular weight excluding hydrogens is 414 g/mol. The Balaban J connectivity index is 0. The van der Waals surface area contributed by atoms with Gasteiger partial charge in [-0.1, -0.05) is 70.1 Å². The smallest absolute Gasteiger partial charge is 0.273 e. The first-order chi connectivity index (χ1) is 10.4. The Morgan fingerprint density at radius 3 is 2.12 bits per heavy atom. The molecule has 0 unspecified atom stereocenters. The molecule has 0 aliphatic heterocycles. The van der Waals surface area contributed by atoms with Crippen LogP contribution < -0.4 is 0 Å². The molecule has 0 spiro atoms. The van der Waals surface area contributed by atoms with E-state index >= 15 is 0 Å². The third kappa shape index (κ3) is 8.68. The predicted octanol–water partition coefficient (Wildman–Crippen LogP) is 7.35. The van der Waals surface area contributed by atoms with Gasteiger partial charge in [-0.3, -0.25) is 12.2 Å². The van der Waals surface area contributed by atoms with Gasteiger partial charge in [-0.05, 0) is 0 Å². The first-order valence-electron chi connectivity index (χ1n) is 8.86. The molecule has 1 fully saturated rings. The summed E-state index contributed by atoms with van der Waals surface area (Å²) in [5.41, 5.74) is 2.17. The molecule has 0 amide bonds. The van der Waals surface area contributed by atoms with Crippen LogP contribution in [0, 0.1) is 17.6 Å². The molecule has 0 heterocycles. The van der Waals surface area contributed by atoms with E-state index in [9.17, 15) is 0 Å². The third-order valence-corrected chi connectivity index (χ3v) is 4.97. The minimum absolute atomic E-state index is 0. The molecule has 3 rings (SSSR count). The summed E-state index contributed by atoms with van der Waals surface area (Å²) in [4.78, 5) is 0. The Morgan fingerprint density at radius 1 is 1.00 bits per heavy atom. The Labute approximate surface area is 181 Å². The molecule has 0 bridgehead atoms. The minimum Gasteiger partial charge on any atom is -0.273 e. The van der Waals surface area contributed by atoms with Crippen LogP contribution in [0.5, 0.6) is 0 Å². The monoisotopic (exact) mass is 444 g/mol. The molecule has 24 heavy (non-hydrogen) atoms. The van der Waals surface area contributed by atoms with E-state index in [0.29, 0.717) is 5.41 Å². The van der Waals surface area contributed by atoms with Crippen LogP contribution in [0.2, 0.25) is 0 Å². The molecule has 0 aromatic carbocycles. The maximum atomic E-state index is 3.37. The van der Waals surface area contributed by atoms with Gasteiger partial charge in [0.25, 0.3) is 0 Å². The molecular formula is C21H32Cl2Zr. The molecule has 0 N–H and O–H groups in total. The topological polar surface area (TPSA) is 0 Å². The van der Waals surface area contributed by atoms with Gasteiger partial charge < -0.3 is 0 Å². The van der Waals surface area contributed by atoms with Crippen molar-refractivity contribution in [1.29, 1.82) is 0 Å². The van der Waals surface area contributed by atoms with Crippen molar-refractivity contribution in [2.24, 2.45) is 5.41 Å². The molecule has 134 valence electrons. The Hall–Kier alpha value is 0.423. The molecule has 1 saturated carbocycles. The number of rotatable bonds is 4. The summed E-state index contributed by atoms with van der Waals surface area (Å²) in [6, 6.07) is 0. The van der Waals surface area contributed by atoms with Crippen molar-refractivity contribution in [1.82, 2.24) is 0 Å². The second kappa shape index (κ2) is 15.7. The fraction of sp³-hybridized carbons (Fsp3) is 0.619. The standard InChI is InChI=1S/C16H25.C5H5.2ClH.Zr/c1-2-3-12-16(15-10-6-7-11-15)13-8-4-5-9-14-16;1-2-4-5-3-1;;;/h10-11H,2-6,8-9,12-14H2,1H3;1-3H,4H2;2*1H;/q2*-1;;;+2. The summed E-state index contributed by atoms with van der Waals surface area (Å²) in [5, 5.41) is 0. The van der Waals surface area contributed by atoms with Gasteiger partial charge in [-0.25, -0.2) is 18.2 Å². The molecule has 0 radical (unpaired) electrons. The van der Waals surface area contributed by atoms with Gasteiger partial charge in [-0.2, -0.15) is 17.7 Å². The normalized spacial score (nSPS) is 19.8. The van der Waals surface area contributed by atoms with E-state index < -0.39 is 0 Å². The second-order valence-corrected chi connectivity index (χ2v) is 6.51. The summed E-state index contributed by atoms with van der Waals surface area (Å²) in [5.74, 6) is 0. The van der Waals surface area contributed by atoms with E-state index in [1.54, 1.807) is 5.57 Å². The van der Waals surface area contributed by atoms with Crippen molar-refractivity contribution in [3.63, 3.8) is 0 Å². The molecule has 3 aliphatic rings. The first-order valence-corrected chi connectivity index (χ1v) is 8.86. The Morgan fingerprint density at radius 2 is 1.71 bits per heavy atom. The SMILES string of the molecule is CCCCC1(C2=CC[C-]=C2)CCCCCC1.Cl.Cl.[C-]1=CC=CC1.[Zr+2]. The average molecular weight is 447 g/mol.